The van der Waals surface area contributed by atoms with Crippen LogP contribution in [-0.2, 0) is 11.2 Å². The predicted octanol–water partition coefficient (Wildman–Crippen LogP) is 0.458. The van der Waals surface area contributed by atoms with Crippen LogP contribution in [0.4, 0.5) is 0 Å². The van der Waals surface area contributed by atoms with E-state index < -0.39 is 0 Å². The Bertz CT molecular complexity index is 355. The van der Waals surface area contributed by atoms with Crippen molar-refractivity contribution in [1.82, 2.24) is 20.6 Å². The van der Waals surface area contributed by atoms with E-state index in [9.17, 15) is 4.79 Å². The molecule has 17 heavy (non-hydrogen) atoms. The summed E-state index contributed by atoms with van der Waals surface area (Å²) in [5, 5.41) is 6.30. The van der Waals surface area contributed by atoms with Crippen molar-refractivity contribution < 1.29 is 4.79 Å². The van der Waals surface area contributed by atoms with E-state index in [0.717, 1.165) is 38.0 Å². The molecule has 1 saturated heterocycles. The molecule has 0 saturated carbocycles. The van der Waals surface area contributed by atoms with Crippen LogP contribution >= 0.6 is 0 Å². The molecule has 3 N–H and O–H groups in total. The number of hydrogen-bond donors (Lipinski definition) is 3. The summed E-state index contributed by atoms with van der Waals surface area (Å²) in [6.45, 7) is 4.60. The number of amides is 1. The quantitative estimate of drug-likeness (QED) is 0.711. The van der Waals surface area contributed by atoms with Gasteiger partial charge in [-0.1, -0.05) is 6.92 Å². The van der Waals surface area contributed by atoms with E-state index in [1.54, 1.807) is 12.5 Å². The topological polar surface area (TPSA) is 69.8 Å². The SMILES string of the molecule is CC1(C(=O)NCCc2cnc[nH]2)CCNCC1. The first kappa shape index (κ1) is 12.1. The van der Waals surface area contributed by atoms with Gasteiger partial charge in [0.1, 0.15) is 0 Å². The van der Waals surface area contributed by atoms with Gasteiger partial charge < -0.3 is 15.6 Å². The van der Waals surface area contributed by atoms with Gasteiger partial charge in [0.2, 0.25) is 5.91 Å². The first-order chi connectivity index (χ1) is 8.21. The lowest BCUT2D eigenvalue weighted by Crippen LogP contribution is -2.46. The molecule has 1 aromatic rings. The number of carbonyl (C=O) groups is 1. The van der Waals surface area contributed by atoms with Crippen molar-refractivity contribution in [2.45, 2.75) is 26.2 Å². The number of carbonyl (C=O) groups excluding carboxylic acids is 1. The molecular weight excluding hydrogens is 216 g/mol. The molecule has 1 aliphatic heterocycles. The van der Waals surface area contributed by atoms with Gasteiger partial charge in [-0.25, -0.2) is 4.98 Å². The normalized spacial score (nSPS) is 18.9. The van der Waals surface area contributed by atoms with E-state index >= 15 is 0 Å². The smallest absolute Gasteiger partial charge is 0.226 e. The second-order valence-corrected chi connectivity index (χ2v) is 4.89. The Morgan fingerprint density at radius 1 is 1.53 bits per heavy atom. The van der Waals surface area contributed by atoms with Crippen LogP contribution in [0.15, 0.2) is 12.5 Å². The summed E-state index contributed by atoms with van der Waals surface area (Å²) in [5.41, 5.74) is 0.861. The lowest BCUT2D eigenvalue weighted by molar-refractivity contribution is -0.131. The first-order valence-corrected chi connectivity index (χ1v) is 6.17. The van der Waals surface area contributed by atoms with Gasteiger partial charge in [-0.3, -0.25) is 4.79 Å². The van der Waals surface area contributed by atoms with Gasteiger partial charge in [-0.15, -0.1) is 0 Å². The zero-order chi connectivity index (χ0) is 12.1. The Morgan fingerprint density at radius 2 is 2.29 bits per heavy atom. The molecule has 5 nitrogen and oxygen atoms in total. The highest BCUT2D eigenvalue weighted by Crippen LogP contribution is 2.27. The Labute approximate surface area is 101 Å². The summed E-state index contributed by atoms with van der Waals surface area (Å²) in [7, 11) is 0. The lowest BCUT2D eigenvalue weighted by Gasteiger charge is -2.32. The molecule has 0 aliphatic carbocycles. The molecule has 2 heterocycles. The fraction of sp³-hybridized carbons (Fsp3) is 0.667. The van der Waals surface area contributed by atoms with E-state index in [-0.39, 0.29) is 11.3 Å². The van der Waals surface area contributed by atoms with Crippen molar-refractivity contribution in [3.05, 3.63) is 18.2 Å². The molecule has 0 radical (unpaired) electrons. The average Bonchev–Trinajstić information content (AvgIpc) is 2.83. The molecule has 0 bridgehead atoms. The number of H-pyrrole nitrogens is 1. The summed E-state index contributed by atoms with van der Waals surface area (Å²) in [6, 6.07) is 0. The monoisotopic (exact) mass is 236 g/mol. The third-order valence-electron chi connectivity index (χ3n) is 3.49. The summed E-state index contributed by atoms with van der Waals surface area (Å²) in [4.78, 5) is 19.1. The molecule has 0 unspecified atom stereocenters. The molecule has 1 amide bonds. The molecule has 0 atom stereocenters. The maximum atomic E-state index is 12.1. The van der Waals surface area contributed by atoms with Crippen LogP contribution in [0, 0.1) is 5.41 Å². The van der Waals surface area contributed by atoms with Gasteiger partial charge >= 0.3 is 0 Å². The third-order valence-corrected chi connectivity index (χ3v) is 3.49. The van der Waals surface area contributed by atoms with Crippen molar-refractivity contribution in [2.24, 2.45) is 5.41 Å². The summed E-state index contributed by atoms with van der Waals surface area (Å²) < 4.78 is 0. The van der Waals surface area contributed by atoms with Crippen molar-refractivity contribution in [3.63, 3.8) is 0 Å². The number of nitrogens with one attached hydrogen (secondary N) is 3. The average molecular weight is 236 g/mol. The van der Waals surface area contributed by atoms with E-state index in [2.05, 4.69) is 27.5 Å². The second kappa shape index (κ2) is 5.31. The van der Waals surface area contributed by atoms with Crippen molar-refractivity contribution in [3.8, 4) is 0 Å². The van der Waals surface area contributed by atoms with Crippen LogP contribution in [0.25, 0.3) is 0 Å². The van der Waals surface area contributed by atoms with Crippen LogP contribution in [0.1, 0.15) is 25.5 Å². The van der Waals surface area contributed by atoms with Gasteiger partial charge in [0, 0.05) is 30.3 Å². The van der Waals surface area contributed by atoms with Crippen LogP contribution in [0.3, 0.4) is 0 Å². The maximum Gasteiger partial charge on any atom is 0.226 e. The minimum atomic E-state index is -0.195. The largest absolute Gasteiger partial charge is 0.355 e. The highest BCUT2D eigenvalue weighted by molar-refractivity contribution is 5.82. The predicted molar refractivity (Wildman–Crippen MR) is 65.5 cm³/mol. The number of imidazole rings is 1. The number of aromatic nitrogens is 2. The van der Waals surface area contributed by atoms with Gasteiger partial charge in [-0.05, 0) is 25.9 Å². The minimum Gasteiger partial charge on any atom is -0.355 e. The molecule has 94 valence electrons. The Kier molecular flexibility index (Phi) is 3.78. The zero-order valence-electron chi connectivity index (χ0n) is 10.3. The number of rotatable bonds is 4. The molecule has 0 aromatic carbocycles. The van der Waals surface area contributed by atoms with Gasteiger partial charge in [0.25, 0.3) is 0 Å². The van der Waals surface area contributed by atoms with E-state index in [4.69, 9.17) is 0 Å². The van der Waals surface area contributed by atoms with Crippen LogP contribution in [0.2, 0.25) is 0 Å². The standard InChI is InChI=1S/C12H20N4O/c1-12(3-6-13-7-4-12)11(17)15-5-2-10-8-14-9-16-10/h8-9,13H,2-7H2,1H3,(H,14,16)(H,15,17). The summed E-state index contributed by atoms with van der Waals surface area (Å²) in [6.07, 6.45) is 6.09. The van der Waals surface area contributed by atoms with E-state index in [0.29, 0.717) is 6.54 Å². The molecule has 0 spiro atoms. The Morgan fingerprint density at radius 3 is 2.94 bits per heavy atom. The number of hydrogen-bond acceptors (Lipinski definition) is 3. The van der Waals surface area contributed by atoms with Crippen molar-refractivity contribution in [2.75, 3.05) is 19.6 Å². The van der Waals surface area contributed by atoms with Crippen molar-refractivity contribution >= 4 is 5.91 Å². The molecule has 2 rings (SSSR count). The maximum absolute atomic E-state index is 12.1. The highest BCUT2D eigenvalue weighted by Gasteiger charge is 2.33. The Hall–Kier alpha value is -1.36. The van der Waals surface area contributed by atoms with Crippen LogP contribution < -0.4 is 10.6 Å². The number of nitrogens with zero attached hydrogens (tertiary/aromatic N) is 1. The summed E-state index contributed by atoms with van der Waals surface area (Å²) in [5.74, 6) is 0.179. The molecule has 1 aliphatic rings. The van der Waals surface area contributed by atoms with E-state index in [1.807, 2.05) is 0 Å². The van der Waals surface area contributed by atoms with Gasteiger partial charge in [-0.2, -0.15) is 0 Å². The fourth-order valence-corrected chi connectivity index (χ4v) is 2.15. The highest BCUT2D eigenvalue weighted by atomic mass is 16.2. The Balaban J connectivity index is 1.76. The molecular formula is C12H20N4O. The second-order valence-electron chi connectivity index (χ2n) is 4.89. The first-order valence-electron chi connectivity index (χ1n) is 6.17. The van der Waals surface area contributed by atoms with Gasteiger partial charge in [0.15, 0.2) is 0 Å². The van der Waals surface area contributed by atoms with Gasteiger partial charge in [0.05, 0.1) is 6.33 Å². The number of aromatic amines is 1. The van der Waals surface area contributed by atoms with Crippen molar-refractivity contribution in [1.29, 1.82) is 0 Å². The summed E-state index contributed by atoms with van der Waals surface area (Å²) >= 11 is 0. The van der Waals surface area contributed by atoms with E-state index in [1.165, 1.54) is 0 Å². The lowest BCUT2D eigenvalue weighted by atomic mass is 9.80. The molecule has 1 aromatic heterocycles. The van der Waals surface area contributed by atoms with Crippen LogP contribution in [-0.4, -0.2) is 35.5 Å². The fourth-order valence-electron chi connectivity index (χ4n) is 2.15. The zero-order valence-corrected chi connectivity index (χ0v) is 10.3. The molecule has 1 fully saturated rings. The third kappa shape index (κ3) is 3.06. The minimum absolute atomic E-state index is 0.179. The molecule has 5 heteroatoms. The number of piperidine rings is 1. The van der Waals surface area contributed by atoms with Crippen LogP contribution in [0.5, 0.6) is 0 Å².